The molecule has 2 rings (SSSR count). The van der Waals surface area contributed by atoms with Crippen LogP contribution >= 0.6 is 11.8 Å². The minimum Gasteiger partial charge on any atom is -0.323 e. The molecule has 0 fully saturated rings. The second-order valence-electron chi connectivity index (χ2n) is 3.77. The highest BCUT2D eigenvalue weighted by Gasteiger charge is 2.02. The van der Waals surface area contributed by atoms with E-state index in [1.54, 1.807) is 12.3 Å². The molecule has 0 radical (unpaired) electrons. The Hall–Kier alpha value is -1.39. The van der Waals surface area contributed by atoms with Gasteiger partial charge in [0.05, 0.1) is 5.69 Å². The molecule has 4 heteroatoms. The average molecular weight is 248 g/mol. The monoisotopic (exact) mass is 248 g/mol. The number of nitrogens with zero attached hydrogens (tertiary/aromatic N) is 1. The van der Waals surface area contributed by atoms with E-state index in [4.69, 9.17) is 5.73 Å². The van der Waals surface area contributed by atoms with E-state index in [-0.39, 0.29) is 11.9 Å². The summed E-state index contributed by atoms with van der Waals surface area (Å²) < 4.78 is 13.0. The molecule has 0 unspecified atom stereocenters. The van der Waals surface area contributed by atoms with E-state index in [1.165, 1.54) is 23.9 Å². The van der Waals surface area contributed by atoms with E-state index in [2.05, 4.69) is 4.98 Å². The van der Waals surface area contributed by atoms with E-state index in [9.17, 15) is 4.39 Å². The molecule has 1 aromatic carbocycles. The summed E-state index contributed by atoms with van der Waals surface area (Å²) >= 11 is 1.48. The Morgan fingerprint density at radius 2 is 2.06 bits per heavy atom. The molecule has 0 amide bonds. The molecule has 0 saturated heterocycles. The number of hydrogen-bond acceptors (Lipinski definition) is 3. The summed E-state index contributed by atoms with van der Waals surface area (Å²) in [5.74, 6) is -0.227. The fraction of sp³-hybridized carbons (Fsp3) is 0.154. The Labute approximate surface area is 104 Å². The lowest BCUT2D eigenvalue weighted by Crippen LogP contribution is -2.06. The minimum atomic E-state index is -0.227. The van der Waals surface area contributed by atoms with Crippen molar-refractivity contribution in [3.8, 4) is 0 Å². The van der Waals surface area contributed by atoms with Crippen molar-refractivity contribution in [1.82, 2.24) is 4.98 Å². The number of aromatic nitrogens is 1. The molecule has 2 aromatic rings. The second kappa shape index (κ2) is 5.29. The van der Waals surface area contributed by atoms with Gasteiger partial charge in [-0.3, -0.25) is 4.98 Å². The van der Waals surface area contributed by atoms with E-state index >= 15 is 0 Å². The fourth-order valence-electron chi connectivity index (χ4n) is 1.39. The predicted molar refractivity (Wildman–Crippen MR) is 67.4 cm³/mol. The second-order valence-corrected chi connectivity index (χ2v) is 4.91. The highest BCUT2D eigenvalue weighted by Crippen LogP contribution is 2.27. The van der Waals surface area contributed by atoms with Crippen LogP contribution in [0.15, 0.2) is 52.4 Å². The first-order chi connectivity index (χ1) is 8.15. The lowest BCUT2D eigenvalue weighted by atomic mass is 10.2. The zero-order valence-corrected chi connectivity index (χ0v) is 10.2. The van der Waals surface area contributed by atoms with Gasteiger partial charge in [0.1, 0.15) is 5.82 Å². The van der Waals surface area contributed by atoms with Crippen LogP contribution in [0.5, 0.6) is 0 Å². The molecule has 17 heavy (non-hydrogen) atoms. The van der Waals surface area contributed by atoms with Crippen molar-refractivity contribution in [2.45, 2.75) is 22.8 Å². The van der Waals surface area contributed by atoms with Gasteiger partial charge in [-0.2, -0.15) is 0 Å². The largest absolute Gasteiger partial charge is 0.323 e. The van der Waals surface area contributed by atoms with Crippen molar-refractivity contribution >= 4 is 11.8 Å². The molecule has 2 N–H and O–H groups in total. The van der Waals surface area contributed by atoms with Gasteiger partial charge < -0.3 is 5.73 Å². The lowest BCUT2D eigenvalue weighted by molar-refractivity contribution is 0.624. The van der Waals surface area contributed by atoms with Crippen molar-refractivity contribution in [3.63, 3.8) is 0 Å². The molecule has 2 nitrogen and oxygen atoms in total. The highest BCUT2D eigenvalue weighted by molar-refractivity contribution is 7.99. The van der Waals surface area contributed by atoms with Crippen LogP contribution in [0.4, 0.5) is 4.39 Å². The highest BCUT2D eigenvalue weighted by atomic mass is 32.2. The third kappa shape index (κ3) is 3.28. The van der Waals surface area contributed by atoms with E-state index in [0.717, 1.165) is 15.5 Å². The van der Waals surface area contributed by atoms with Gasteiger partial charge in [-0.15, -0.1) is 0 Å². The smallest absolute Gasteiger partial charge is 0.124 e. The Kier molecular flexibility index (Phi) is 3.76. The maximum atomic E-state index is 13.0. The first-order valence-corrected chi connectivity index (χ1v) is 6.12. The summed E-state index contributed by atoms with van der Waals surface area (Å²) in [6.45, 7) is 1.89. The van der Waals surface area contributed by atoms with E-state index in [0.29, 0.717) is 0 Å². The van der Waals surface area contributed by atoms with Gasteiger partial charge in [-0.25, -0.2) is 4.39 Å². The molecule has 1 aromatic heterocycles. The van der Waals surface area contributed by atoms with Gasteiger partial charge in [-0.05, 0) is 37.3 Å². The molecule has 0 aliphatic carbocycles. The van der Waals surface area contributed by atoms with Crippen LogP contribution < -0.4 is 5.73 Å². The third-order valence-electron chi connectivity index (χ3n) is 2.26. The van der Waals surface area contributed by atoms with Crippen molar-refractivity contribution in [2.75, 3.05) is 0 Å². The Morgan fingerprint density at radius 1 is 1.24 bits per heavy atom. The SMILES string of the molecule is C[C@H](N)c1ccc(Sc2cccc(F)c2)cn1. The molecule has 1 atom stereocenters. The summed E-state index contributed by atoms with van der Waals surface area (Å²) in [6.07, 6.45) is 1.76. The van der Waals surface area contributed by atoms with Crippen LogP contribution in [-0.4, -0.2) is 4.98 Å². The normalized spacial score (nSPS) is 12.4. The van der Waals surface area contributed by atoms with E-state index in [1.807, 2.05) is 25.1 Å². The van der Waals surface area contributed by atoms with Crippen LogP contribution in [0, 0.1) is 5.82 Å². The molecule has 88 valence electrons. The molecule has 0 spiro atoms. The van der Waals surface area contributed by atoms with Crippen LogP contribution in [0.25, 0.3) is 0 Å². The summed E-state index contributed by atoms with van der Waals surface area (Å²) in [6, 6.07) is 10.3. The topological polar surface area (TPSA) is 38.9 Å². The molecular weight excluding hydrogens is 235 g/mol. The fourth-order valence-corrected chi connectivity index (χ4v) is 2.22. The quantitative estimate of drug-likeness (QED) is 0.905. The molecule has 1 heterocycles. The predicted octanol–water partition coefficient (Wildman–Crippen LogP) is 3.39. The standard InChI is InChI=1S/C13H13FN2S/c1-9(15)13-6-5-12(8-16-13)17-11-4-2-3-10(14)7-11/h2-9H,15H2,1H3/t9-/m0/s1. The van der Waals surface area contributed by atoms with Crippen molar-refractivity contribution in [2.24, 2.45) is 5.73 Å². The average Bonchev–Trinajstić information content (AvgIpc) is 2.29. The molecule has 0 bridgehead atoms. The van der Waals surface area contributed by atoms with Crippen molar-refractivity contribution in [1.29, 1.82) is 0 Å². The van der Waals surface area contributed by atoms with Gasteiger partial charge in [-0.1, -0.05) is 17.8 Å². The zero-order valence-electron chi connectivity index (χ0n) is 9.43. The van der Waals surface area contributed by atoms with Crippen molar-refractivity contribution < 1.29 is 4.39 Å². The number of hydrogen-bond donors (Lipinski definition) is 1. The number of benzene rings is 1. The van der Waals surface area contributed by atoms with E-state index < -0.39 is 0 Å². The van der Waals surface area contributed by atoms with Gasteiger partial charge in [0, 0.05) is 22.0 Å². The molecule has 0 aliphatic rings. The summed E-state index contributed by atoms with van der Waals surface area (Å²) in [5, 5.41) is 0. The maximum Gasteiger partial charge on any atom is 0.124 e. The summed E-state index contributed by atoms with van der Waals surface area (Å²) in [7, 11) is 0. The van der Waals surface area contributed by atoms with Crippen molar-refractivity contribution in [3.05, 3.63) is 54.1 Å². The van der Waals surface area contributed by atoms with Gasteiger partial charge in [0.15, 0.2) is 0 Å². The Bertz CT molecular complexity index is 497. The van der Waals surface area contributed by atoms with Gasteiger partial charge >= 0.3 is 0 Å². The first kappa shape index (κ1) is 12.1. The molecule has 0 saturated carbocycles. The Morgan fingerprint density at radius 3 is 2.65 bits per heavy atom. The molecule has 0 aliphatic heterocycles. The minimum absolute atomic E-state index is 0.0665. The first-order valence-electron chi connectivity index (χ1n) is 5.30. The molecular formula is C13H13FN2S. The van der Waals surface area contributed by atoms with Gasteiger partial charge in [0.25, 0.3) is 0 Å². The number of nitrogens with two attached hydrogens (primary N) is 1. The number of halogens is 1. The Balaban J connectivity index is 2.14. The van der Waals surface area contributed by atoms with Gasteiger partial charge in [0.2, 0.25) is 0 Å². The number of rotatable bonds is 3. The lowest BCUT2D eigenvalue weighted by Gasteiger charge is -2.05. The van der Waals surface area contributed by atoms with Crippen LogP contribution in [0.1, 0.15) is 18.7 Å². The van der Waals surface area contributed by atoms with Crippen LogP contribution in [-0.2, 0) is 0 Å². The zero-order chi connectivity index (χ0) is 12.3. The van der Waals surface area contributed by atoms with Crippen LogP contribution in [0.2, 0.25) is 0 Å². The van der Waals surface area contributed by atoms with Crippen LogP contribution in [0.3, 0.4) is 0 Å². The summed E-state index contributed by atoms with van der Waals surface area (Å²) in [5.41, 5.74) is 6.57. The third-order valence-corrected chi connectivity index (χ3v) is 3.22. The number of pyridine rings is 1. The maximum absolute atomic E-state index is 13.0. The summed E-state index contributed by atoms with van der Waals surface area (Å²) in [4.78, 5) is 6.09.